The Hall–Kier alpha value is -3.96. The van der Waals surface area contributed by atoms with Crippen molar-refractivity contribution < 1.29 is 35.1 Å². The first kappa shape index (κ1) is 34.9. The van der Waals surface area contributed by atoms with Crippen LogP contribution in [0, 0.1) is 13.8 Å². The zero-order valence-corrected chi connectivity index (χ0v) is 28.3. The van der Waals surface area contributed by atoms with Crippen LogP contribution in [0.3, 0.4) is 0 Å². The molecule has 0 amide bonds. The molecule has 0 atom stereocenters. The van der Waals surface area contributed by atoms with Gasteiger partial charge in [-0.15, -0.1) is 0 Å². The third-order valence-corrected chi connectivity index (χ3v) is 9.93. The van der Waals surface area contributed by atoms with E-state index in [1.165, 1.54) is 57.9 Å². The smallest absolute Gasteiger partial charge is 0.183 e. The first-order valence-corrected chi connectivity index (χ1v) is 17.9. The fraction of sp³-hybridized carbons (Fsp3) is 0.278. The Morgan fingerprint density at radius 2 is 0.870 bits per heavy atom. The second-order valence-corrected chi connectivity index (χ2v) is 14.3. The molecule has 6 rings (SSSR count). The van der Waals surface area contributed by atoms with Gasteiger partial charge in [0.25, 0.3) is 0 Å². The quantitative estimate of drug-likeness (QED) is 0.221. The summed E-state index contributed by atoms with van der Waals surface area (Å²) < 4.78 is 67.2. The molecule has 0 spiro atoms. The average Bonchev–Trinajstić information content (AvgIpc) is 3.01. The van der Waals surface area contributed by atoms with E-state index in [0.717, 1.165) is 49.9 Å². The number of likely N-dealkylation sites (N-methyl/N-ethyl adjacent to an activating group) is 2. The number of nitrogens with zero attached hydrogens (tertiary/aromatic N) is 2. The highest BCUT2D eigenvalue weighted by molar-refractivity contribution is 7.86. The maximum Gasteiger partial charge on any atom is 0.183 e. The summed E-state index contributed by atoms with van der Waals surface area (Å²) in [6.07, 6.45) is 4.55. The van der Waals surface area contributed by atoms with Crippen molar-refractivity contribution in [2.75, 3.05) is 27.2 Å². The van der Waals surface area contributed by atoms with E-state index in [1.807, 2.05) is 13.8 Å². The van der Waals surface area contributed by atoms with E-state index >= 15 is 0 Å². The van der Waals surface area contributed by atoms with Crippen molar-refractivity contribution >= 4 is 31.7 Å². The van der Waals surface area contributed by atoms with Gasteiger partial charge in [0.2, 0.25) is 0 Å². The Bertz CT molecular complexity index is 1820. The van der Waals surface area contributed by atoms with Crippen LogP contribution in [0.4, 0.5) is 0 Å². The maximum absolute atomic E-state index is 10.4. The van der Waals surface area contributed by atoms with Gasteiger partial charge in [0.15, 0.2) is 11.4 Å². The van der Waals surface area contributed by atoms with E-state index in [2.05, 4.69) is 71.8 Å². The maximum atomic E-state index is 10.4. The van der Waals surface area contributed by atoms with Crippen molar-refractivity contribution in [1.29, 1.82) is 0 Å². The molecule has 0 aliphatic carbocycles. The highest BCUT2D eigenvalue weighted by Crippen LogP contribution is 2.22. The van der Waals surface area contributed by atoms with E-state index in [0.29, 0.717) is 0 Å². The fourth-order valence-corrected chi connectivity index (χ4v) is 6.53. The van der Waals surface area contributed by atoms with Gasteiger partial charge in [0, 0.05) is 36.8 Å². The Morgan fingerprint density at radius 1 is 0.543 bits per heavy atom. The average molecular weight is 661 g/mol. The van der Waals surface area contributed by atoms with Gasteiger partial charge in [-0.05, 0) is 61.4 Å². The fourth-order valence-electron chi connectivity index (χ4n) is 5.59. The Balaban J connectivity index is 0.000000182. The van der Waals surface area contributed by atoms with Crippen molar-refractivity contribution in [3.63, 3.8) is 0 Å². The summed E-state index contributed by atoms with van der Waals surface area (Å²) in [5.41, 5.74) is 10.8. The molecule has 2 aliphatic heterocycles. The number of hydrogen-bond donors (Lipinski definition) is 0. The van der Waals surface area contributed by atoms with Crippen LogP contribution in [0.1, 0.15) is 46.2 Å². The standard InChI is InChI=1S/C22H26N2.2C7H8O3S/c1-23-15-13-17-7-3-5-9-19(17)21(23)11-12-22-20-10-6-4-8-18(20)14-16-24(22)2;2*1-6-2-4-7(5-3-6)11(8,9)10/h3-10H,11-16H2,1-2H3;2*2-5H,1H3,(H,8,9,10)/q+2;;/p-2. The van der Waals surface area contributed by atoms with Crippen LogP contribution >= 0.6 is 0 Å². The lowest BCUT2D eigenvalue weighted by Crippen LogP contribution is -2.31. The molecule has 0 saturated heterocycles. The van der Waals surface area contributed by atoms with Crippen molar-refractivity contribution in [2.24, 2.45) is 0 Å². The lowest BCUT2D eigenvalue weighted by atomic mass is 9.90. The molecule has 0 unspecified atom stereocenters. The monoisotopic (exact) mass is 660 g/mol. The molecule has 4 aromatic rings. The minimum atomic E-state index is -4.27. The molecular formula is C36H40N2O6S2. The van der Waals surface area contributed by atoms with Crippen molar-refractivity contribution in [2.45, 2.75) is 49.3 Å². The van der Waals surface area contributed by atoms with Crippen LogP contribution in [-0.4, -0.2) is 73.7 Å². The molecule has 242 valence electrons. The van der Waals surface area contributed by atoms with Crippen molar-refractivity contribution in [3.05, 3.63) is 130 Å². The van der Waals surface area contributed by atoms with E-state index in [-0.39, 0.29) is 9.79 Å². The molecule has 0 fully saturated rings. The first-order valence-electron chi connectivity index (χ1n) is 15.1. The molecule has 0 bridgehead atoms. The summed E-state index contributed by atoms with van der Waals surface area (Å²) in [5.74, 6) is 0. The largest absolute Gasteiger partial charge is 0.744 e. The summed E-state index contributed by atoms with van der Waals surface area (Å²) in [7, 11) is -4.05. The van der Waals surface area contributed by atoms with Crippen LogP contribution < -0.4 is 0 Å². The number of benzene rings is 4. The molecule has 2 heterocycles. The molecule has 0 radical (unpaired) electrons. The Kier molecular flexibility index (Phi) is 11.4. The topological polar surface area (TPSA) is 120 Å². The van der Waals surface area contributed by atoms with Gasteiger partial charge in [0.1, 0.15) is 47.4 Å². The van der Waals surface area contributed by atoms with Crippen LogP contribution in [0.15, 0.2) is 107 Å². The molecule has 2 aliphatic rings. The van der Waals surface area contributed by atoms with Gasteiger partial charge in [-0.2, -0.15) is 0 Å². The third-order valence-electron chi connectivity index (χ3n) is 8.23. The minimum absolute atomic E-state index is 0.178. The van der Waals surface area contributed by atoms with Gasteiger partial charge >= 0.3 is 0 Å². The van der Waals surface area contributed by atoms with Gasteiger partial charge in [0.05, 0.1) is 9.79 Å². The van der Waals surface area contributed by atoms with Crippen LogP contribution in [-0.2, 0) is 33.1 Å². The lowest BCUT2D eigenvalue weighted by Gasteiger charge is -2.19. The van der Waals surface area contributed by atoms with E-state index in [9.17, 15) is 25.9 Å². The van der Waals surface area contributed by atoms with Crippen molar-refractivity contribution in [3.8, 4) is 0 Å². The SMILES string of the molecule is C[N+]1=C(CCC2=[N+](C)CCc3ccccc32)c2ccccc2CC1.Cc1ccc(S(=O)(=O)[O-])cc1.Cc1ccc(S(=O)(=O)[O-])cc1. The molecule has 8 nitrogen and oxygen atoms in total. The second-order valence-electron chi connectivity index (χ2n) is 11.6. The third kappa shape index (κ3) is 9.29. The molecule has 46 heavy (non-hydrogen) atoms. The van der Waals surface area contributed by atoms with Crippen molar-refractivity contribution in [1.82, 2.24) is 0 Å². The highest BCUT2D eigenvalue weighted by atomic mass is 32.2. The van der Waals surface area contributed by atoms with Crippen LogP contribution in [0.25, 0.3) is 0 Å². The van der Waals surface area contributed by atoms with Gasteiger partial charge in [-0.3, -0.25) is 0 Å². The van der Waals surface area contributed by atoms with E-state index in [1.54, 1.807) is 24.3 Å². The highest BCUT2D eigenvalue weighted by Gasteiger charge is 2.27. The molecule has 0 saturated carbocycles. The summed E-state index contributed by atoms with van der Waals surface area (Å²) in [5, 5.41) is 0. The minimum Gasteiger partial charge on any atom is -0.744 e. The van der Waals surface area contributed by atoms with Gasteiger partial charge in [-0.1, -0.05) is 71.8 Å². The predicted octanol–water partition coefficient (Wildman–Crippen LogP) is 4.94. The summed E-state index contributed by atoms with van der Waals surface area (Å²) >= 11 is 0. The Morgan fingerprint density at radius 3 is 1.20 bits per heavy atom. The van der Waals surface area contributed by atoms with Crippen LogP contribution in [0.2, 0.25) is 0 Å². The first-order chi connectivity index (χ1) is 21.7. The number of hydrogen-bond acceptors (Lipinski definition) is 6. The normalized spacial score (nSPS) is 14.3. The molecule has 0 aromatic heterocycles. The lowest BCUT2D eigenvalue weighted by molar-refractivity contribution is -0.501. The number of rotatable bonds is 5. The van der Waals surface area contributed by atoms with Gasteiger partial charge in [-0.25, -0.2) is 26.0 Å². The number of aryl methyl sites for hydroxylation is 2. The molecular weight excluding hydrogens is 621 g/mol. The summed E-state index contributed by atoms with van der Waals surface area (Å²) in [4.78, 5) is -0.355. The Labute approximate surface area is 272 Å². The second kappa shape index (κ2) is 15.1. The van der Waals surface area contributed by atoms with Gasteiger partial charge < -0.3 is 9.11 Å². The van der Waals surface area contributed by atoms with E-state index < -0.39 is 20.2 Å². The molecule has 0 N–H and O–H groups in total. The summed E-state index contributed by atoms with van der Waals surface area (Å²) in [6.45, 7) is 5.91. The van der Waals surface area contributed by atoms with E-state index in [4.69, 9.17) is 0 Å². The zero-order chi connectivity index (χ0) is 33.5. The van der Waals surface area contributed by atoms with Crippen LogP contribution in [0.5, 0.6) is 0 Å². The predicted molar refractivity (Wildman–Crippen MR) is 178 cm³/mol. The number of fused-ring (bicyclic) bond motifs is 2. The zero-order valence-electron chi connectivity index (χ0n) is 26.6. The molecule has 4 aromatic carbocycles. The summed E-state index contributed by atoms with van der Waals surface area (Å²) in [6, 6.07) is 29.4. The molecule has 10 heteroatoms.